The van der Waals surface area contributed by atoms with E-state index in [1.165, 1.54) is 33.4 Å². The van der Waals surface area contributed by atoms with Gasteiger partial charge in [0.15, 0.2) is 11.6 Å². The van der Waals surface area contributed by atoms with Gasteiger partial charge in [-0.2, -0.15) is 4.98 Å². The van der Waals surface area contributed by atoms with E-state index in [0.29, 0.717) is 30.2 Å². The van der Waals surface area contributed by atoms with E-state index in [9.17, 15) is 18.7 Å². The van der Waals surface area contributed by atoms with Gasteiger partial charge in [-0.05, 0) is 54.2 Å². The van der Waals surface area contributed by atoms with Crippen molar-refractivity contribution < 1.29 is 23.4 Å². The van der Waals surface area contributed by atoms with Crippen LogP contribution >= 0.6 is 0 Å². The zero-order valence-electron chi connectivity index (χ0n) is 26.4. The van der Waals surface area contributed by atoms with Crippen LogP contribution in [0.2, 0.25) is 0 Å². The van der Waals surface area contributed by atoms with Crippen LogP contribution in [0.4, 0.5) is 43.4 Å². The maximum Gasteiger partial charge on any atom is 0.248 e. The molecule has 0 saturated carbocycles. The second-order valence-corrected chi connectivity index (χ2v) is 11.2. The summed E-state index contributed by atoms with van der Waals surface area (Å²) in [5, 5.41) is 19.4. The van der Waals surface area contributed by atoms with Crippen LogP contribution in [0, 0.1) is 11.6 Å². The summed E-state index contributed by atoms with van der Waals surface area (Å²) in [6.07, 6.45) is 4.48. The Bertz CT molecular complexity index is 1480. The van der Waals surface area contributed by atoms with Crippen molar-refractivity contribution in [2.45, 2.75) is 19.4 Å². The lowest BCUT2D eigenvalue weighted by Gasteiger charge is -2.26. The molecule has 1 amide bonds. The maximum atomic E-state index is 14.1. The molecule has 1 heterocycles. The molecule has 12 nitrogen and oxygen atoms in total. The molecule has 3 aromatic rings. The van der Waals surface area contributed by atoms with Gasteiger partial charge in [-0.15, -0.1) is 0 Å². The summed E-state index contributed by atoms with van der Waals surface area (Å²) in [7, 11) is 11.2. The molecule has 0 saturated heterocycles. The Labute approximate surface area is 256 Å². The Morgan fingerprint density at radius 1 is 0.932 bits per heavy atom. The van der Waals surface area contributed by atoms with Crippen molar-refractivity contribution in [3.8, 4) is 5.75 Å². The van der Waals surface area contributed by atoms with Crippen LogP contribution in [-0.2, 0) is 10.4 Å². The lowest BCUT2D eigenvalue weighted by molar-refractivity contribution is -0.111. The summed E-state index contributed by atoms with van der Waals surface area (Å²) >= 11 is 0. The third-order valence-electron chi connectivity index (χ3n) is 6.39. The monoisotopic (exact) mass is 613 g/mol. The molecule has 0 atom stereocenters. The zero-order valence-corrected chi connectivity index (χ0v) is 26.4. The second kappa shape index (κ2) is 14.9. The molecule has 0 unspecified atom stereocenters. The number of carbonyl (C=O) groups excluding carboxylic acids is 1. The van der Waals surface area contributed by atoms with E-state index in [4.69, 9.17) is 4.74 Å². The highest BCUT2D eigenvalue weighted by Gasteiger charge is 2.24. The Morgan fingerprint density at radius 3 is 2.16 bits per heavy atom. The van der Waals surface area contributed by atoms with Gasteiger partial charge < -0.3 is 40.5 Å². The number of methoxy groups -OCH3 is 1. The Kier molecular flexibility index (Phi) is 11.5. The fraction of sp³-hybridized carbons (Fsp3) is 0.400. The number of amides is 1. The molecular formula is C30H41F2N9O3. The van der Waals surface area contributed by atoms with Crippen LogP contribution in [0.3, 0.4) is 0 Å². The first-order valence-electron chi connectivity index (χ1n) is 13.8. The van der Waals surface area contributed by atoms with Gasteiger partial charge in [-0.25, -0.2) is 18.7 Å². The molecule has 1 aromatic heterocycles. The number of carbonyl (C=O) groups is 1. The topological polar surface area (TPSA) is 131 Å². The maximum absolute atomic E-state index is 14.1. The van der Waals surface area contributed by atoms with E-state index in [1.54, 1.807) is 18.2 Å². The highest BCUT2D eigenvalue weighted by atomic mass is 19.2. The minimum atomic E-state index is -1.48. The van der Waals surface area contributed by atoms with E-state index >= 15 is 0 Å². The van der Waals surface area contributed by atoms with Gasteiger partial charge in [0.25, 0.3) is 0 Å². The first-order chi connectivity index (χ1) is 20.7. The van der Waals surface area contributed by atoms with Crippen molar-refractivity contribution in [1.82, 2.24) is 24.8 Å². The molecule has 238 valence electrons. The van der Waals surface area contributed by atoms with Crippen LogP contribution in [0.1, 0.15) is 19.4 Å². The minimum absolute atomic E-state index is 0.0116. The van der Waals surface area contributed by atoms with Crippen LogP contribution in [0.15, 0.2) is 42.7 Å². The molecule has 0 aliphatic rings. The van der Waals surface area contributed by atoms with E-state index < -0.39 is 17.2 Å². The van der Waals surface area contributed by atoms with Crippen molar-refractivity contribution in [1.29, 1.82) is 0 Å². The predicted molar refractivity (Wildman–Crippen MR) is 169 cm³/mol. The molecule has 0 bridgehead atoms. The number of nitrogens with zero attached hydrogens (tertiary/aromatic N) is 6. The van der Waals surface area contributed by atoms with Gasteiger partial charge in [0.2, 0.25) is 17.8 Å². The van der Waals surface area contributed by atoms with Gasteiger partial charge in [0.05, 0.1) is 35.5 Å². The average Bonchev–Trinajstić information content (AvgIpc) is 2.93. The smallest absolute Gasteiger partial charge is 0.248 e. The molecule has 0 radical (unpaired) electrons. The fourth-order valence-electron chi connectivity index (χ4n) is 4.08. The zero-order chi connectivity index (χ0) is 32.6. The third kappa shape index (κ3) is 9.56. The van der Waals surface area contributed by atoms with E-state index in [0.717, 1.165) is 24.4 Å². The number of benzene rings is 2. The summed E-state index contributed by atoms with van der Waals surface area (Å²) < 4.78 is 33.7. The molecule has 0 fully saturated rings. The normalized spacial score (nSPS) is 11.8. The number of ether oxygens (including phenoxy) is 1. The van der Waals surface area contributed by atoms with Gasteiger partial charge in [-0.1, -0.05) is 6.08 Å². The summed E-state index contributed by atoms with van der Waals surface area (Å²) in [6, 6.07) is 5.37. The number of hydrogen-bond donors (Lipinski definition) is 4. The highest BCUT2D eigenvalue weighted by Crippen LogP contribution is 2.38. The van der Waals surface area contributed by atoms with Crippen LogP contribution in [0.5, 0.6) is 5.75 Å². The molecule has 0 aliphatic carbocycles. The van der Waals surface area contributed by atoms with Crippen molar-refractivity contribution in [3.63, 3.8) is 0 Å². The van der Waals surface area contributed by atoms with Crippen LogP contribution in [-0.4, -0.2) is 97.7 Å². The summed E-state index contributed by atoms with van der Waals surface area (Å²) in [6.45, 7) is 4.97. The predicted octanol–water partition coefficient (Wildman–Crippen LogP) is 3.93. The lowest BCUT2D eigenvalue weighted by Crippen LogP contribution is -2.29. The number of aromatic nitrogens is 3. The quantitative estimate of drug-likeness (QED) is 0.197. The summed E-state index contributed by atoms with van der Waals surface area (Å²) in [5.74, 6) is -1.92. The number of halogens is 2. The number of aliphatic hydroxyl groups is 1. The first kappa shape index (κ1) is 34.1. The van der Waals surface area contributed by atoms with Crippen LogP contribution in [0.25, 0.3) is 0 Å². The SMILES string of the molecule is COc1cc(N(C)CCN(C)C)c(NC(=O)/C=C/CN(C)C)cc1Nc1ncnc(Nc2cc(F)c(F)cc2C(C)(C)O)n1. The highest BCUT2D eigenvalue weighted by molar-refractivity contribution is 6.02. The van der Waals surface area contributed by atoms with Crippen molar-refractivity contribution >= 4 is 40.6 Å². The Morgan fingerprint density at radius 2 is 1.57 bits per heavy atom. The van der Waals surface area contributed by atoms with Crippen molar-refractivity contribution in [2.75, 3.05) is 82.8 Å². The third-order valence-corrected chi connectivity index (χ3v) is 6.39. The van der Waals surface area contributed by atoms with Gasteiger partial charge in [0, 0.05) is 50.5 Å². The van der Waals surface area contributed by atoms with Crippen molar-refractivity contribution in [3.05, 3.63) is 59.9 Å². The molecule has 14 heteroatoms. The number of nitrogens with one attached hydrogen (secondary N) is 3. The van der Waals surface area contributed by atoms with E-state index in [-0.39, 0.29) is 29.1 Å². The molecule has 0 aliphatic heterocycles. The number of hydrogen-bond acceptors (Lipinski definition) is 11. The molecule has 2 aromatic carbocycles. The fourth-order valence-corrected chi connectivity index (χ4v) is 4.08. The van der Waals surface area contributed by atoms with Gasteiger partial charge in [0.1, 0.15) is 12.1 Å². The standard InChI is InChI=1S/C30H41F2N9O3/c1-30(2,43)19-14-20(31)21(32)15-22(19)36-28-33-18-34-29(38-28)37-24-16-23(35-27(42)10-9-11-39(3)4)25(17-26(24)44-8)41(7)13-12-40(5)6/h9-10,14-18,43H,11-13H2,1-8H3,(H,35,42)(H2,33,34,36,37,38)/b10-9+. The first-order valence-corrected chi connectivity index (χ1v) is 13.8. The Balaban J connectivity index is 1.97. The average molecular weight is 614 g/mol. The summed E-state index contributed by atoms with van der Waals surface area (Å²) in [4.78, 5) is 31.4. The largest absolute Gasteiger partial charge is 0.494 e. The van der Waals surface area contributed by atoms with Crippen molar-refractivity contribution in [2.24, 2.45) is 0 Å². The Hall–Kier alpha value is -4.40. The van der Waals surface area contributed by atoms with Gasteiger partial charge in [-0.3, -0.25) is 4.79 Å². The van der Waals surface area contributed by atoms with Gasteiger partial charge >= 0.3 is 0 Å². The lowest BCUT2D eigenvalue weighted by atomic mass is 9.96. The van der Waals surface area contributed by atoms with Crippen LogP contribution < -0.4 is 25.6 Å². The van der Waals surface area contributed by atoms with E-state index in [1.807, 2.05) is 45.0 Å². The number of likely N-dealkylation sites (N-methyl/N-ethyl adjacent to an activating group) is 3. The molecule has 0 spiro atoms. The second-order valence-electron chi connectivity index (χ2n) is 11.2. The number of anilines is 6. The molecular weight excluding hydrogens is 572 g/mol. The minimum Gasteiger partial charge on any atom is -0.494 e. The van der Waals surface area contributed by atoms with E-state index in [2.05, 4.69) is 35.8 Å². The summed E-state index contributed by atoms with van der Waals surface area (Å²) in [5.41, 5.74) is 0.428. The molecule has 4 N–H and O–H groups in total. The molecule has 3 rings (SSSR count). The number of rotatable bonds is 14. The molecule has 44 heavy (non-hydrogen) atoms.